The van der Waals surface area contributed by atoms with Crippen LogP contribution in [0.3, 0.4) is 0 Å². The Morgan fingerprint density at radius 3 is 2.60 bits per heavy atom. The third kappa shape index (κ3) is 3.40. The van der Waals surface area contributed by atoms with Gasteiger partial charge in [-0.25, -0.2) is 0 Å². The summed E-state index contributed by atoms with van der Waals surface area (Å²) in [5.74, 6) is -0.735. The molecule has 1 aromatic heterocycles. The van der Waals surface area contributed by atoms with Crippen LogP contribution in [0.1, 0.15) is 21.5 Å². The summed E-state index contributed by atoms with van der Waals surface area (Å²) in [6, 6.07) is 6.45. The van der Waals surface area contributed by atoms with E-state index in [1.807, 2.05) is 0 Å². The zero-order valence-electron chi connectivity index (χ0n) is 10.4. The second-order valence-corrected chi connectivity index (χ2v) is 4.18. The highest BCUT2D eigenvalue weighted by atomic mass is 19.4. The summed E-state index contributed by atoms with van der Waals surface area (Å²) >= 11 is 0. The summed E-state index contributed by atoms with van der Waals surface area (Å²) in [5, 5.41) is 2.47. The molecule has 0 atom stereocenters. The molecule has 0 saturated carbocycles. The first-order valence-corrected chi connectivity index (χ1v) is 5.94. The summed E-state index contributed by atoms with van der Waals surface area (Å²) in [4.78, 5) is 11.8. The van der Waals surface area contributed by atoms with E-state index >= 15 is 0 Å². The van der Waals surface area contributed by atoms with Crippen molar-refractivity contribution in [1.82, 2.24) is 5.32 Å². The molecule has 0 aliphatic rings. The summed E-state index contributed by atoms with van der Waals surface area (Å²) in [5.41, 5.74) is -0.428. The van der Waals surface area contributed by atoms with Gasteiger partial charge >= 0.3 is 6.18 Å². The number of hydrogen-bond acceptors (Lipinski definition) is 2. The van der Waals surface area contributed by atoms with Crippen molar-refractivity contribution >= 4 is 5.91 Å². The maximum absolute atomic E-state index is 12.8. The van der Waals surface area contributed by atoms with Crippen molar-refractivity contribution in [1.29, 1.82) is 0 Å². The molecule has 6 heteroatoms. The standard InChI is InChI=1S/C14H12F3NO2/c15-14(16,17)12-4-2-1-3-11(12)13(19)18-7-5-10-6-8-20-9-10/h1-4,6,8-9H,5,7H2,(H,18,19). The number of amides is 1. The van der Waals surface area contributed by atoms with Gasteiger partial charge in [0.2, 0.25) is 0 Å². The van der Waals surface area contributed by atoms with Gasteiger partial charge < -0.3 is 9.73 Å². The lowest BCUT2D eigenvalue weighted by Crippen LogP contribution is -2.28. The van der Waals surface area contributed by atoms with Crippen LogP contribution >= 0.6 is 0 Å². The number of carbonyl (C=O) groups is 1. The van der Waals surface area contributed by atoms with Crippen LogP contribution in [0.25, 0.3) is 0 Å². The van der Waals surface area contributed by atoms with Crippen LogP contribution in [0.15, 0.2) is 47.3 Å². The largest absolute Gasteiger partial charge is 0.472 e. The number of alkyl halides is 3. The molecule has 20 heavy (non-hydrogen) atoms. The minimum absolute atomic E-state index is 0.241. The molecule has 2 rings (SSSR count). The number of halogens is 3. The zero-order chi connectivity index (χ0) is 14.6. The second kappa shape index (κ2) is 5.81. The maximum Gasteiger partial charge on any atom is 0.417 e. The number of nitrogens with one attached hydrogen (secondary N) is 1. The highest BCUT2D eigenvalue weighted by molar-refractivity contribution is 5.95. The fraction of sp³-hybridized carbons (Fsp3) is 0.214. The Balaban J connectivity index is 2.02. The Morgan fingerprint density at radius 2 is 1.95 bits per heavy atom. The van der Waals surface area contributed by atoms with Crippen molar-refractivity contribution in [2.24, 2.45) is 0 Å². The van der Waals surface area contributed by atoms with Gasteiger partial charge in [0.05, 0.1) is 23.7 Å². The Hall–Kier alpha value is -2.24. The van der Waals surface area contributed by atoms with Crippen LogP contribution in [0.2, 0.25) is 0 Å². The number of furan rings is 1. The normalized spacial score (nSPS) is 11.3. The Kier molecular flexibility index (Phi) is 4.12. The Bertz CT molecular complexity index is 576. The molecule has 106 valence electrons. The number of rotatable bonds is 4. The summed E-state index contributed by atoms with van der Waals surface area (Å²) in [6.07, 6.45) is -1.03. The monoisotopic (exact) mass is 283 g/mol. The summed E-state index contributed by atoms with van der Waals surface area (Å²) in [7, 11) is 0. The van der Waals surface area contributed by atoms with Crippen LogP contribution in [-0.2, 0) is 12.6 Å². The minimum Gasteiger partial charge on any atom is -0.472 e. The smallest absolute Gasteiger partial charge is 0.417 e. The molecule has 0 aliphatic carbocycles. The van der Waals surface area contributed by atoms with E-state index in [9.17, 15) is 18.0 Å². The lowest BCUT2D eigenvalue weighted by atomic mass is 10.1. The van der Waals surface area contributed by atoms with Crippen molar-refractivity contribution in [3.8, 4) is 0 Å². The van der Waals surface area contributed by atoms with E-state index in [0.717, 1.165) is 17.7 Å². The fourth-order valence-electron chi connectivity index (χ4n) is 1.78. The van der Waals surface area contributed by atoms with Gasteiger partial charge in [-0.2, -0.15) is 13.2 Å². The van der Waals surface area contributed by atoms with E-state index in [2.05, 4.69) is 5.32 Å². The first kappa shape index (κ1) is 14.2. The third-order valence-electron chi connectivity index (χ3n) is 2.76. The van der Waals surface area contributed by atoms with E-state index in [1.165, 1.54) is 24.7 Å². The van der Waals surface area contributed by atoms with E-state index in [4.69, 9.17) is 4.42 Å². The highest BCUT2D eigenvalue weighted by Gasteiger charge is 2.34. The molecule has 0 unspecified atom stereocenters. The van der Waals surface area contributed by atoms with E-state index < -0.39 is 17.6 Å². The van der Waals surface area contributed by atoms with Crippen molar-refractivity contribution in [2.45, 2.75) is 12.6 Å². The Labute approximate surface area is 113 Å². The average Bonchev–Trinajstić information content (AvgIpc) is 2.91. The number of benzene rings is 1. The highest BCUT2D eigenvalue weighted by Crippen LogP contribution is 2.31. The molecule has 2 aromatic rings. The number of hydrogen-bond donors (Lipinski definition) is 1. The van der Waals surface area contributed by atoms with Gasteiger partial charge in [-0.05, 0) is 30.2 Å². The summed E-state index contributed by atoms with van der Waals surface area (Å²) in [6.45, 7) is 0.241. The minimum atomic E-state index is -4.54. The molecule has 0 bridgehead atoms. The van der Waals surface area contributed by atoms with Crippen LogP contribution < -0.4 is 5.32 Å². The second-order valence-electron chi connectivity index (χ2n) is 4.18. The zero-order valence-corrected chi connectivity index (χ0v) is 10.4. The van der Waals surface area contributed by atoms with Crippen LogP contribution in [0, 0.1) is 0 Å². The first-order chi connectivity index (χ1) is 9.48. The van der Waals surface area contributed by atoms with Crippen molar-refractivity contribution < 1.29 is 22.4 Å². The topological polar surface area (TPSA) is 42.2 Å². The van der Waals surface area contributed by atoms with Crippen LogP contribution in [0.5, 0.6) is 0 Å². The quantitative estimate of drug-likeness (QED) is 0.935. The van der Waals surface area contributed by atoms with E-state index in [-0.39, 0.29) is 12.1 Å². The molecule has 0 spiro atoms. The lowest BCUT2D eigenvalue weighted by molar-refractivity contribution is -0.137. The van der Waals surface area contributed by atoms with Gasteiger partial charge in [-0.15, -0.1) is 0 Å². The van der Waals surface area contributed by atoms with Gasteiger partial charge in [-0.3, -0.25) is 4.79 Å². The van der Waals surface area contributed by atoms with Crippen molar-refractivity contribution in [2.75, 3.05) is 6.54 Å². The molecule has 1 N–H and O–H groups in total. The molecule has 0 radical (unpaired) electrons. The first-order valence-electron chi connectivity index (χ1n) is 5.94. The number of carbonyl (C=O) groups excluding carboxylic acids is 1. The predicted molar refractivity (Wildman–Crippen MR) is 66.2 cm³/mol. The SMILES string of the molecule is O=C(NCCc1ccoc1)c1ccccc1C(F)(F)F. The third-order valence-corrected chi connectivity index (χ3v) is 2.76. The van der Waals surface area contributed by atoms with Crippen LogP contribution in [-0.4, -0.2) is 12.5 Å². The fourth-order valence-corrected chi connectivity index (χ4v) is 1.78. The predicted octanol–water partition coefficient (Wildman–Crippen LogP) is 3.27. The molecule has 1 heterocycles. The lowest BCUT2D eigenvalue weighted by Gasteiger charge is -2.12. The van der Waals surface area contributed by atoms with Crippen molar-refractivity contribution in [3.05, 3.63) is 59.5 Å². The molecular weight excluding hydrogens is 271 g/mol. The van der Waals surface area contributed by atoms with Gasteiger partial charge in [-0.1, -0.05) is 12.1 Å². The molecule has 0 aliphatic heterocycles. The molecule has 0 fully saturated rings. The Morgan fingerprint density at radius 1 is 1.20 bits per heavy atom. The van der Waals surface area contributed by atoms with E-state index in [1.54, 1.807) is 6.07 Å². The maximum atomic E-state index is 12.8. The van der Waals surface area contributed by atoms with Crippen LogP contribution in [0.4, 0.5) is 13.2 Å². The van der Waals surface area contributed by atoms with Crippen molar-refractivity contribution in [3.63, 3.8) is 0 Å². The molecule has 3 nitrogen and oxygen atoms in total. The molecule has 1 amide bonds. The van der Waals surface area contributed by atoms with Gasteiger partial charge in [0.1, 0.15) is 0 Å². The molecular formula is C14H12F3NO2. The molecule has 0 saturated heterocycles. The average molecular weight is 283 g/mol. The van der Waals surface area contributed by atoms with E-state index in [0.29, 0.717) is 6.42 Å². The van der Waals surface area contributed by atoms with Gasteiger partial charge in [0.15, 0.2) is 0 Å². The van der Waals surface area contributed by atoms with Gasteiger partial charge in [0, 0.05) is 6.54 Å². The summed E-state index contributed by atoms with van der Waals surface area (Å²) < 4.78 is 43.1. The molecule has 1 aromatic carbocycles. The van der Waals surface area contributed by atoms with Gasteiger partial charge in [0.25, 0.3) is 5.91 Å².